The fourth-order valence-electron chi connectivity index (χ4n) is 3.38. The third-order valence-electron chi connectivity index (χ3n) is 4.89. The van der Waals surface area contributed by atoms with Crippen LogP contribution in [0.2, 0.25) is 5.02 Å². The quantitative estimate of drug-likeness (QED) is 0.795. The SMILES string of the molecule is CCc1ccccc1N1CC(C(=O)Nc2cc(OC)c(Cl)cc2OC)CC1=O. The lowest BCUT2D eigenvalue weighted by Gasteiger charge is -2.20. The van der Waals surface area contributed by atoms with Crippen molar-refractivity contribution in [3.63, 3.8) is 0 Å². The molecule has 0 spiro atoms. The van der Waals surface area contributed by atoms with E-state index in [1.165, 1.54) is 14.2 Å². The second-order valence-electron chi connectivity index (χ2n) is 6.56. The lowest BCUT2D eigenvalue weighted by Crippen LogP contribution is -2.28. The van der Waals surface area contributed by atoms with Gasteiger partial charge < -0.3 is 19.7 Å². The average molecular weight is 403 g/mol. The van der Waals surface area contributed by atoms with Crippen molar-refractivity contribution in [2.24, 2.45) is 5.92 Å². The molecular weight excluding hydrogens is 380 g/mol. The number of hydrogen-bond acceptors (Lipinski definition) is 4. The molecule has 1 saturated heterocycles. The number of hydrogen-bond donors (Lipinski definition) is 1. The molecule has 2 amide bonds. The van der Waals surface area contributed by atoms with Gasteiger partial charge in [-0.2, -0.15) is 0 Å². The Hall–Kier alpha value is -2.73. The van der Waals surface area contributed by atoms with Crippen LogP contribution in [0.4, 0.5) is 11.4 Å². The van der Waals surface area contributed by atoms with Gasteiger partial charge in [0.25, 0.3) is 0 Å². The van der Waals surface area contributed by atoms with Crippen molar-refractivity contribution in [3.05, 3.63) is 47.0 Å². The van der Waals surface area contributed by atoms with Gasteiger partial charge in [0.2, 0.25) is 11.8 Å². The summed E-state index contributed by atoms with van der Waals surface area (Å²) in [7, 11) is 2.99. The number of benzene rings is 2. The minimum atomic E-state index is -0.455. The second kappa shape index (κ2) is 8.52. The van der Waals surface area contributed by atoms with Crippen molar-refractivity contribution in [1.82, 2.24) is 0 Å². The second-order valence-corrected chi connectivity index (χ2v) is 6.97. The molecule has 7 heteroatoms. The van der Waals surface area contributed by atoms with Crippen LogP contribution in [-0.4, -0.2) is 32.6 Å². The maximum atomic E-state index is 12.8. The summed E-state index contributed by atoms with van der Waals surface area (Å²) in [6.45, 7) is 2.39. The number of nitrogens with one attached hydrogen (secondary N) is 1. The van der Waals surface area contributed by atoms with Crippen molar-refractivity contribution in [2.45, 2.75) is 19.8 Å². The summed E-state index contributed by atoms with van der Waals surface area (Å²) < 4.78 is 10.5. The monoisotopic (exact) mass is 402 g/mol. The smallest absolute Gasteiger partial charge is 0.229 e. The van der Waals surface area contributed by atoms with E-state index in [1.807, 2.05) is 31.2 Å². The largest absolute Gasteiger partial charge is 0.495 e. The molecule has 2 aromatic carbocycles. The molecular formula is C21H23ClN2O4. The van der Waals surface area contributed by atoms with Crippen LogP contribution in [0.15, 0.2) is 36.4 Å². The molecule has 148 valence electrons. The Morgan fingerprint density at radius 2 is 1.93 bits per heavy atom. The Labute approximate surface area is 169 Å². The highest BCUT2D eigenvalue weighted by atomic mass is 35.5. The normalized spacial score (nSPS) is 16.2. The predicted molar refractivity (Wildman–Crippen MR) is 109 cm³/mol. The summed E-state index contributed by atoms with van der Waals surface area (Å²) in [5, 5.41) is 3.23. The first kappa shape index (κ1) is 20.0. The number of aryl methyl sites for hydroxylation is 1. The first-order valence-electron chi connectivity index (χ1n) is 9.09. The number of rotatable bonds is 6. The number of amides is 2. The number of para-hydroxylation sites is 1. The lowest BCUT2D eigenvalue weighted by molar-refractivity contribution is -0.122. The van der Waals surface area contributed by atoms with Gasteiger partial charge in [0.1, 0.15) is 11.5 Å². The van der Waals surface area contributed by atoms with E-state index in [0.717, 1.165) is 17.7 Å². The van der Waals surface area contributed by atoms with Gasteiger partial charge in [0.15, 0.2) is 0 Å². The number of ether oxygens (including phenoxy) is 2. The third-order valence-corrected chi connectivity index (χ3v) is 5.19. The van der Waals surface area contributed by atoms with Gasteiger partial charge in [-0.1, -0.05) is 36.7 Å². The first-order chi connectivity index (χ1) is 13.5. The van der Waals surface area contributed by atoms with Crippen LogP contribution in [0.1, 0.15) is 18.9 Å². The molecule has 0 bridgehead atoms. The molecule has 0 aromatic heterocycles. The summed E-state index contributed by atoms with van der Waals surface area (Å²) >= 11 is 6.11. The summed E-state index contributed by atoms with van der Waals surface area (Å²) in [4.78, 5) is 27.1. The summed E-state index contributed by atoms with van der Waals surface area (Å²) in [6, 6.07) is 11.0. The highest BCUT2D eigenvalue weighted by Gasteiger charge is 2.36. The minimum Gasteiger partial charge on any atom is -0.495 e. The van der Waals surface area contributed by atoms with Crippen molar-refractivity contribution >= 4 is 34.8 Å². The molecule has 0 saturated carbocycles. The number of halogens is 1. The van der Waals surface area contributed by atoms with Crippen molar-refractivity contribution in [1.29, 1.82) is 0 Å². The highest BCUT2D eigenvalue weighted by Crippen LogP contribution is 2.36. The first-order valence-corrected chi connectivity index (χ1v) is 9.46. The van der Waals surface area contributed by atoms with E-state index in [2.05, 4.69) is 5.32 Å². The number of carbonyl (C=O) groups is 2. The van der Waals surface area contributed by atoms with Crippen molar-refractivity contribution in [2.75, 3.05) is 31.0 Å². The molecule has 1 atom stereocenters. The number of carbonyl (C=O) groups excluding carboxylic acids is 2. The average Bonchev–Trinajstić information content (AvgIpc) is 3.10. The fraction of sp³-hybridized carbons (Fsp3) is 0.333. The van der Waals surface area contributed by atoms with Crippen LogP contribution < -0.4 is 19.7 Å². The van der Waals surface area contributed by atoms with E-state index in [-0.39, 0.29) is 18.2 Å². The minimum absolute atomic E-state index is 0.0540. The van der Waals surface area contributed by atoms with Gasteiger partial charge in [-0.05, 0) is 18.1 Å². The lowest BCUT2D eigenvalue weighted by atomic mass is 10.1. The van der Waals surface area contributed by atoms with Crippen LogP contribution in [-0.2, 0) is 16.0 Å². The molecule has 1 heterocycles. The van der Waals surface area contributed by atoms with Crippen LogP contribution in [0.25, 0.3) is 0 Å². The van der Waals surface area contributed by atoms with E-state index < -0.39 is 5.92 Å². The zero-order valence-electron chi connectivity index (χ0n) is 16.1. The molecule has 1 N–H and O–H groups in total. The van der Waals surface area contributed by atoms with Gasteiger partial charge in [-0.3, -0.25) is 9.59 Å². The molecule has 1 fully saturated rings. The van der Waals surface area contributed by atoms with Crippen LogP contribution >= 0.6 is 11.6 Å². The van der Waals surface area contributed by atoms with E-state index in [0.29, 0.717) is 28.8 Å². The zero-order chi connectivity index (χ0) is 20.3. The van der Waals surface area contributed by atoms with Crippen LogP contribution in [0, 0.1) is 5.92 Å². The van der Waals surface area contributed by atoms with E-state index in [1.54, 1.807) is 17.0 Å². The Kier molecular flexibility index (Phi) is 6.09. The van der Waals surface area contributed by atoms with Crippen molar-refractivity contribution < 1.29 is 19.1 Å². The van der Waals surface area contributed by atoms with Crippen LogP contribution in [0.3, 0.4) is 0 Å². The maximum absolute atomic E-state index is 12.8. The topological polar surface area (TPSA) is 67.9 Å². The highest BCUT2D eigenvalue weighted by molar-refractivity contribution is 6.32. The van der Waals surface area contributed by atoms with Gasteiger partial charge in [0.05, 0.1) is 30.8 Å². The van der Waals surface area contributed by atoms with Gasteiger partial charge in [0, 0.05) is 30.8 Å². The van der Waals surface area contributed by atoms with Gasteiger partial charge >= 0.3 is 0 Å². The zero-order valence-corrected chi connectivity index (χ0v) is 16.9. The molecule has 1 aliphatic rings. The predicted octanol–water partition coefficient (Wildman–Crippen LogP) is 3.91. The molecule has 1 unspecified atom stereocenters. The van der Waals surface area contributed by atoms with E-state index >= 15 is 0 Å². The molecule has 0 aliphatic carbocycles. The Morgan fingerprint density at radius 3 is 2.61 bits per heavy atom. The Morgan fingerprint density at radius 1 is 1.21 bits per heavy atom. The summed E-state index contributed by atoms with van der Waals surface area (Å²) in [5.41, 5.74) is 2.41. The summed E-state index contributed by atoms with van der Waals surface area (Å²) in [5.74, 6) is 0.105. The standard InChI is InChI=1S/C21H23ClN2O4/c1-4-13-7-5-6-8-17(13)24-12-14(9-20(24)25)21(26)23-16-11-18(27-2)15(22)10-19(16)28-3/h5-8,10-11,14H,4,9,12H2,1-3H3,(H,23,26). The fourth-order valence-corrected chi connectivity index (χ4v) is 3.61. The Balaban J connectivity index is 1.79. The third kappa shape index (κ3) is 3.92. The molecule has 28 heavy (non-hydrogen) atoms. The molecule has 6 nitrogen and oxygen atoms in total. The van der Waals surface area contributed by atoms with Gasteiger partial charge in [-0.25, -0.2) is 0 Å². The molecule has 1 aliphatic heterocycles. The molecule has 3 rings (SSSR count). The van der Waals surface area contributed by atoms with Crippen LogP contribution in [0.5, 0.6) is 11.5 Å². The van der Waals surface area contributed by atoms with Gasteiger partial charge in [-0.15, -0.1) is 0 Å². The number of anilines is 2. The number of methoxy groups -OCH3 is 2. The van der Waals surface area contributed by atoms with Crippen molar-refractivity contribution in [3.8, 4) is 11.5 Å². The summed E-state index contributed by atoms with van der Waals surface area (Å²) in [6.07, 6.45) is 0.982. The molecule has 2 aromatic rings. The van der Waals surface area contributed by atoms with E-state index in [4.69, 9.17) is 21.1 Å². The van der Waals surface area contributed by atoms with E-state index in [9.17, 15) is 9.59 Å². The number of nitrogens with zero attached hydrogens (tertiary/aromatic N) is 1. The Bertz CT molecular complexity index is 900. The molecule has 0 radical (unpaired) electrons. The maximum Gasteiger partial charge on any atom is 0.229 e.